The molecule has 3 N–H and O–H groups in total. The Morgan fingerprint density at radius 1 is 1.27 bits per heavy atom. The number of aromatic nitrogens is 1. The second-order valence-corrected chi connectivity index (χ2v) is 7.13. The van der Waals surface area contributed by atoms with E-state index in [1.165, 1.54) is 24.2 Å². The van der Waals surface area contributed by atoms with Gasteiger partial charge in [-0.1, -0.05) is 12.8 Å². The van der Waals surface area contributed by atoms with Gasteiger partial charge in [-0.15, -0.1) is 11.3 Å². The van der Waals surface area contributed by atoms with Gasteiger partial charge in [-0.2, -0.15) is 11.3 Å². The normalized spacial score (nSPS) is 14.7. The maximum absolute atomic E-state index is 12.1. The molecule has 8 heteroatoms. The van der Waals surface area contributed by atoms with Crippen LogP contribution in [0.15, 0.2) is 22.2 Å². The van der Waals surface area contributed by atoms with Crippen LogP contribution in [-0.4, -0.2) is 22.0 Å². The average molecular weight is 353 g/mol. The molecule has 22 heavy (non-hydrogen) atoms. The predicted octanol–water partition coefficient (Wildman–Crippen LogP) is 2.92. The lowest BCUT2D eigenvalue weighted by atomic mass is 10.3. The van der Waals surface area contributed by atoms with Crippen LogP contribution in [0.3, 0.4) is 0 Å². The lowest BCUT2D eigenvalue weighted by Crippen LogP contribution is -2.49. The standard InChI is InChI=1S/C14H16N4OS3/c19-12(17-18-14(20)15-10-3-1-2-4-10)11-8-22-13(16-11)9-5-6-21-7-9/h5-8,10H,1-4H2,(H,17,19)(H2,15,18,20). The fourth-order valence-electron chi connectivity index (χ4n) is 2.37. The molecule has 1 amide bonds. The topological polar surface area (TPSA) is 66.1 Å². The summed E-state index contributed by atoms with van der Waals surface area (Å²) in [5.74, 6) is -0.284. The first-order valence-electron chi connectivity index (χ1n) is 7.07. The van der Waals surface area contributed by atoms with E-state index in [9.17, 15) is 4.79 Å². The third-order valence-corrected chi connectivity index (χ3v) is 5.28. The molecule has 0 unspecified atom stereocenters. The summed E-state index contributed by atoms with van der Waals surface area (Å²) in [6.45, 7) is 0. The number of thiocarbonyl (C=S) groups is 1. The first kappa shape index (κ1) is 15.4. The van der Waals surface area contributed by atoms with Crippen molar-refractivity contribution in [2.24, 2.45) is 0 Å². The van der Waals surface area contributed by atoms with Crippen LogP contribution in [0.5, 0.6) is 0 Å². The Hall–Kier alpha value is -1.51. The molecule has 0 spiro atoms. The van der Waals surface area contributed by atoms with Crippen molar-refractivity contribution in [3.05, 3.63) is 27.9 Å². The summed E-state index contributed by atoms with van der Waals surface area (Å²) in [5.41, 5.74) is 6.76. The molecule has 0 radical (unpaired) electrons. The van der Waals surface area contributed by atoms with Crippen molar-refractivity contribution >= 4 is 45.9 Å². The highest BCUT2D eigenvalue weighted by atomic mass is 32.1. The second kappa shape index (κ2) is 7.17. The van der Waals surface area contributed by atoms with Gasteiger partial charge in [0, 0.05) is 22.4 Å². The van der Waals surface area contributed by atoms with Gasteiger partial charge in [0.05, 0.1) is 0 Å². The molecule has 5 nitrogen and oxygen atoms in total. The van der Waals surface area contributed by atoms with Crippen molar-refractivity contribution in [3.8, 4) is 10.6 Å². The third-order valence-electron chi connectivity index (χ3n) is 3.48. The summed E-state index contributed by atoms with van der Waals surface area (Å²) < 4.78 is 0. The van der Waals surface area contributed by atoms with Crippen molar-refractivity contribution in [2.75, 3.05) is 0 Å². The lowest BCUT2D eigenvalue weighted by Gasteiger charge is -2.15. The minimum Gasteiger partial charge on any atom is -0.359 e. The van der Waals surface area contributed by atoms with E-state index in [0.717, 1.165) is 23.4 Å². The lowest BCUT2D eigenvalue weighted by molar-refractivity contribution is 0.0939. The molecule has 2 aromatic heterocycles. The summed E-state index contributed by atoms with van der Waals surface area (Å²) >= 11 is 8.24. The van der Waals surface area contributed by atoms with E-state index in [1.807, 2.05) is 16.8 Å². The average Bonchev–Trinajstić information content (AvgIpc) is 3.23. The van der Waals surface area contributed by atoms with Gasteiger partial charge in [-0.05, 0) is 36.5 Å². The van der Waals surface area contributed by atoms with E-state index in [-0.39, 0.29) is 5.91 Å². The van der Waals surface area contributed by atoms with Crippen molar-refractivity contribution in [1.82, 2.24) is 21.2 Å². The summed E-state index contributed by atoms with van der Waals surface area (Å²) in [6, 6.07) is 2.41. The molecule has 1 aliphatic rings. The molecule has 1 fully saturated rings. The van der Waals surface area contributed by atoms with E-state index in [0.29, 0.717) is 16.8 Å². The highest BCUT2D eigenvalue weighted by molar-refractivity contribution is 7.80. The van der Waals surface area contributed by atoms with Gasteiger partial charge in [0.15, 0.2) is 5.11 Å². The highest BCUT2D eigenvalue weighted by Gasteiger charge is 2.16. The zero-order chi connectivity index (χ0) is 15.4. The van der Waals surface area contributed by atoms with Gasteiger partial charge in [-0.25, -0.2) is 4.98 Å². The minimum atomic E-state index is -0.284. The number of nitrogens with one attached hydrogen (secondary N) is 3. The molecule has 2 heterocycles. The Labute approximate surface area is 142 Å². The van der Waals surface area contributed by atoms with Crippen LogP contribution in [0.1, 0.15) is 36.2 Å². The van der Waals surface area contributed by atoms with Crippen molar-refractivity contribution in [3.63, 3.8) is 0 Å². The Morgan fingerprint density at radius 3 is 2.82 bits per heavy atom. The van der Waals surface area contributed by atoms with Crippen LogP contribution in [0.2, 0.25) is 0 Å². The van der Waals surface area contributed by atoms with Gasteiger partial charge in [-0.3, -0.25) is 15.6 Å². The molecule has 1 aliphatic carbocycles. The SMILES string of the molecule is O=C(NNC(=S)NC1CCCC1)c1csc(-c2ccsc2)n1. The van der Waals surface area contributed by atoms with Crippen LogP contribution in [0.25, 0.3) is 10.6 Å². The first-order chi connectivity index (χ1) is 10.7. The first-order valence-corrected chi connectivity index (χ1v) is 9.30. The quantitative estimate of drug-likeness (QED) is 0.585. The number of amides is 1. The Kier molecular flexibility index (Phi) is 5.01. The second-order valence-electron chi connectivity index (χ2n) is 5.08. The minimum absolute atomic E-state index is 0.284. The fourth-order valence-corrected chi connectivity index (χ4v) is 4.10. The maximum atomic E-state index is 12.1. The Morgan fingerprint density at radius 2 is 2.09 bits per heavy atom. The van der Waals surface area contributed by atoms with Gasteiger partial charge in [0.25, 0.3) is 5.91 Å². The van der Waals surface area contributed by atoms with Crippen molar-refractivity contribution in [1.29, 1.82) is 0 Å². The Balaban J connectivity index is 1.50. The molecule has 116 valence electrons. The molecule has 0 saturated heterocycles. The molecule has 0 atom stereocenters. The summed E-state index contributed by atoms with van der Waals surface area (Å²) in [4.78, 5) is 16.4. The van der Waals surface area contributed by atoms with E-state index in [1.54, 1.807) is 16.7 Å². The van der Waals surface area contributed by atoms with Crippen molar-refractivity contribution in [2.45, 2.75) is 31.7 Å². The van der Waals surface area contributed by atoms with Crippen LogP contribution >= 0.6 is 34.9 Å². The molecule has 1 saturated carbocycles. The van der Waals surface area contributed by atoms with Crippen LogP contribution in [0.4, 0.5) is 0 Å². The number of thiophene rings is 1. The number of thiazole rings is 1. The number of carbonyl (C=O) groups is 1. The highest BCUT2D eigenvalue weighted by Crippen LogP contribution is 2.25. The number of carbonyl (C=O) groups excluding carboxylic acids is 1. The van der Waals surface area contributed by atoms with E-state index in [4.69, 9.17) is 12.2 Å². The molecule has 0 aliphatic heterocycles. The zero-order valence-electron chi connectivity index (χ0n) is 11.8. The summed E-state index contributed by atoms with van der Waals surface area (Å²) in [5, 5.41) is 10.3. The number of hydrogen-bond acceptors (Lipinski definition) is 5. The van der Waals surface area contributed by atoms with E-state index in [2.05, 4.69) is 21.2 Å². The molecule has 3 rings (SSSR count). The number of rotatable bonds is 3. The Bertz CT molecular complexity index is 647. The van der Waals surface area contributed by atoms with Crippen LogP contribution in [0, 0.1) is 0 Å². The summed E-state index contributed by atoms with van der Waals surface area (Å²) in [6.07, 6.45) is 4.73. The largest absolute Gasteiger partial charge is 0.359 e. The predicted molar refractivity (Wildman–Crippen MR) is 94.0 cm³/mol. The molecule has 2 aromatic rings. The van der Waals surface area contributed by atoms with Gasteiger partial charge >= 0.3 is 0 Å². The third kappa shape index (κ3) is 3.82. The fraction of sp³-hybridized carbons (Fsp3) is 0.357. The van der Waals surface area contributed by atoms with Gasteiger partial charge in [0.1, 0.15) is 10.7 Å². The number of hydrogen-bond donors (Lipinski definition) is 3. The van der Waals surface area contributed by atoms with Crippen molar-refractivity contribution < 1.29 is 4.79 Å². The number of nitrogens with zero attached hydrogens (tertiary/aromatic N) is 1. The van der Waals surface area contributed by atoms with E-state index >= 15 is 0 Å². The van der Waals surface area contributed by atoms with E-state index < -0.39 is 0 Å². The van der Waals surface area contributed by atoms with Gasteiger partial charge < -0.3 is 5.32 Å². The monoisotopic (exact) mass is 352 g/mol. The molecular formula is C14H16N4OS3. The molecule has 0 bridgehead atoms. The van der Waals surface area contributed by atoms with Crippen LogP contribution in [-0.2, 0) is 0 Å². The smallest absolute Gasteiger partial charge is 0.289 e. The molecule has 0 aromatic carbocycles. The number of hydrazine groups is 1. The maximum Gasteiger partial charge on any atom is 0.289 e. The van der Waals surface area contributed by atoms with Crippen LogP contribution < -0.4 is 16.2 Å². The molecular weight excluding hydrogens is 336 g/mol. The summed E-state index contributed by atoms with van der Waals surface area (Å²) in [7, 11) is 0. The zero-order valence-corrected chi connectivity index (χ0v) is 14.2. The van der Waals surface area contributed by atoms with Gasteiger partial charge in [0.2, 0.25) is 0 Å².